The molecule has 1 heterocycles. The Morgan fingerprint density at radius 2 is 1.66 bits per heavy atom. The molecule has 3 rings (SSSR count). The Balaban J connectivity index is 1.74. The van der Waals surface area contributed by atoms with Crippen molar-refractivity contribution in [3.63, 3.8) is 0 Å². The smallest absolute Gasteiger partial charge is 0.245 e. The molecular formula is C21H27N3O6S2. The molecule has 0 bridgehead atoms. The Hall–Kier alpha value is -2.47. The Kier molecular flexibility index (Phi) is 7.23. The molecule has 11 heteroatoms. The molecule has 0 aromatic heterocycles. The van der Waals surface area contributed by atoms with E-state index in [1.165, 1.54) is 28.6 Å². The van der Waals surface area contributed by atoms with Crippen molar-refractivity contribution in [1.29, 1.82) is 0 Å². The summed E-state index contributed by atoms with van der Waals surface area (Å²) in [5, 5.41) is 2.63. The van der Waals surface area contributed by atoms with E-state index in [1.54, 1.807) is 19.1 Å². The van der Waals surface area contributed by atoms with E-state index in [0.717, 1.165) is 21.7 Å². The Morgan fingerprint density at radius 1 is 1.03 bits per heavy atom. The zero-order valence-corrected chi connectivity index (χ0v) is 19.9. The third kappa shape index (κ3) is 5.47. The maximum atomic E-state index is 12.7. The molecule has 1 N–H and O–H groups in total. The first-order chi connectivity index (χ1) is 15.0. The van der Waals surface area contributed by atoms with Gasteiger partial charge < -0.3 is 10.1 Å². The van der Waals surface area contributed by atoms with Crippen LogP contribution in [0.3, 0.4) is 0 Å². The molecule has 1 fully saturated rings. The predicted molar refractivity (Wildman–Crippen MR) is 123 cm³/mol. The number of sulfonamides is 2. The van der Waals surface area contributed by atoms with Crippen LogP contribution in [-0.4, -0.2) is 66.2 Å². The summed E-state index contributed by atoms with van der Waals surface area (Å²) < 4.78 is 57.7. The highest BCUT2D eigenvalue weighted by molar-refractivity contribution is 7.92. The largest absolute Gasteiger partial charge is 0.379 e. The van der Waals surface area contributed by atoms with E-state index in [4.69, 9.17) is 4.74 Å². The van der Waals surface area contributed by atoms with Crippen molar-refractivity contribution in [2.45, 2.75) is 18.7 Å². The molecular weight excluding hydrogens is 454 g/mol. The van der Waals surface area contributed by atoms with Gasteiger partial charge in [0, 0.05) is 18.8 Å². The van der Waals surface area contributed by atoms with Gasteiger partial charge in [-0.05, 0) is 55.3 Å². The van der Waals surface area contributed by atoms with Gasteiger partial charge in [0.1, 0.15) is 6.54 Å². The van der Waals surface area contributed by atoms with Gasteiger partial charge in [0.05, 0.1) is 30.1 Å². The van der Waals surface area contributed by atoms with Gasteiger partial charge in [-0.3, -0.25) is 9.10 Å². The maximum Gasteiger partial charge on any atom is 0.245 e. The third-order valence-corrected chi connectivity index (χ3v) is 8.32. The molecule has 1 amide bonds. The zero-order chi connectivity index (χ0) is 23.5. The van der Waals surface area contributed by atoms with Gasteiger partial charge in [-0.15, -0.1) is 0 Å². The fourth-order valence-electron chi connectivity index (χ4n) is 3.36. The number of ether oxygens (including phenoxy) is 1. The first-order valence-corrected chi connectivity index (χ1v) is 13.3. The number of hydrogen-bond acceptors (Lipinski definition) is 6. The number of rotatable bonds is 7. The van der Waals surface area contributed by atoms with Gasteiger partial charge in [0.2, 0.25) is 26.0 Å². The summed E-state index contributed by atoms with van der Waals surface area (Å²) in [6, 6.07) is 11.1. The Morgan fingerprint density at radius 3 is 2.25 bits per heavy atom. The molecule has 174 valence electrons. The molecule has 0 unspecified atom stereocenters. The van der Waals surface area contributed by atoms with Crippen molar-refractivity contribution in [2.75, 3.05) is 48.7 Å². The summed E-state index contributed by atoms with van der Waals surface area (Å²) in [4.78, 5) is 12.7. The second-order valence-electron chi connectivity index (χ2n) is 7.58. The average Bonchev–Trinajstić information content (AvgIpc) is 2.74. The summed E-state index contributed by atoms with van der Waals surface area (Å²) in [6.07, 6.45) is 1.05. The topological polar surface area (TPSA) is 113 Å². The lowest BCUT2D eigenvalue weighted by molar-refractivity contribution is -0.114. The van der Waals surface area contributed by atoms with Gasteiger partial charge >= 0.3 is 0 Å². The highest BCUT2D eigenvalue weighted by Gasteiger charge is 2.26. The summed E-state index contributed by atoms with van der Waals surface area (Å²) >= 11 is 0. The summed E-state index contributed by atoms with van der Waals surface area (Å²) in [5.41, 5.74) is 2.48. The first-order valence-electron chi connectivity index (χ1n) is 10.0. The third-order valence-electron chi connectivity index (χ3n) is 5.28. The van der Waals surface area contributed by atoms with Gasteiger partial charge in [-0.25, -0.2) is 16.8 Å². The molecule has 2 aromatic rings. The predicted octanol–water partition coefficient (Wildman–Crippen LogP) is 1.73. The van der Waals surface area contributed by atoms with E-state index < -0.39 is 32.5 Å². The minimum absolute atomic E-state index is 0.116. The van der Waals surface area contributed by atoms with Gasteiger partial charge in [-0.1, -0.05) is 12.1 Å². The van der Waals surface area contributed by atoms with Crippen LogP contribution in [0.4, 0.5) is 11.4 Å². The molecule has 0 radical (unpaired) electrons. The van der Waals surface area contributed by atoms with Crippen molar-refractivity contribution in [3.05, 3.63) is 53.6 Å². The van der Waals surface area contributed by atoms with E-state index in [-0.39, 0.29) is 4.90 Å². The normalized spacial score (nSPS) is 15.3. The molecule has 2 aromatic carbocycles. The minimum atomic E-state index is -3.71. The number of nitrogens with one attached hydrogen (secondary N) is 1. The fourth-order valence-corrected chi connectivity index (χ4v) is 5.68. The summed E-state index contributed by atoms with van der Waals surface area (Å²) in [5.74, 6) is -0.542. The van der Waals surface area contributed by atoms with E-state index >= 15 is 0 Å². The van der Waals surface area contributed by atoms with Crippen LogP contribution in [0.5, 0.6) is 0 Å². The molecule has 0 aliphatic carbocycles. The summed E-state index contributed by atoms with van der Waals surface area (Å²) in [6.45, 7) is 4.55. The number of hydrogen-bond donors (Lipinski definition) is 1. The number of anilines is 2. The molecule has 32 heavy (non-hydrogen) atoms. The average molecular weight is 482 g/mol. The van der Waals surface area contributed by atoms with Crippen molar-refractivity contribution < 1.29 is 26.4 Å². The van der Waals surface area contributed by atoms with Crippen molar-refractivity contribution in [1.82, 2.24) is 4.31 Å². The van der Waals surface area contributed by atoms with Crippen LogP contribution >= 0.6 is 0 Å². The minimum Gasteiger partial charge on any atom is -0.379 e. The second-order valence-corrected chi connectivity index (χ2v) is 11.4. The van der Waals surface area contributed by atoms with E-state index in [9.17, 15) is 21.6 Å². The number of morpholine rings is 1. The standard InChI is InChI=1S/C21H27N3O6S2/c1-16-5-4-6-20(17(16)2)24(31(3,26)27)15-21(25)22-18-7-9-19(10-8-18)32(28,29)23-11-13-30-14-12-23/h4-10H,11-15H2,1-3H3,(H,22,25). The van der Waals surface area contributed by atoms with Crippen molar-refractivity contribution in [3.8, 4) is 0 Å². The molecule has 1 aliphatic heterocycles. The van der Waals surface area contributed by atoms with E-state index in [1.807, 2.05) is 13.0 Å². The lowest BCUT2D eigenvalue weighted by atomic mass is 10.1. The highest BCUT2D eigenvalue weighted by Crippen LogP contribution is 2.25. The van der Waals surface area contributed by atoms with Crippen LogP contribution in [-0.2, 0) is 29.6 Å². The van der Waals surface area contributed by atoms with E-state index in [0.29, 0.717) is 37.7 Å². The Labute approximate surface area is 189 Å². The van der Waals surface area contributed by atoms with Crippen LogP contribution in [0.1, 0.15) is 11.1 Å². The maximum absolute atomic E-state index is 12.7. The highest BCUT2D eigenvalue weighted by atomic mass is 32.2. The number of benzene rings is 2. The SMILES string of the molecule is Cc1cccc(N(CC(=O)Nc2ccc(S(=O)(=O)N3CCOCC3)cc2)S(C)(=O)=O)c1C. The molecule has 0 saturated carbocycles. The van der Waals surface area contributed by atoms with Crippen LogP contribution < -0.4 is 9.62 Å². The summed E-state index contributed by atoms with van der Waals surface area (Å²) in [7, 11) is -7.34. The number of carbonyl (C=O) groups excluding carboxylic acids is 1. The van der Waals surface area contributed by atoms with Gasteiger partial charge in [0.25, 0.3) is 0 Å². The van der Waals surface area contributed by atoms with Crippen LogP contribution in [0.15, 0.2) is 47.4 Å². The second kappa shape index (κ2) is 9.57. The van der Waals surface area contributed by atoms with Gasteiger partial charge in [-0.2, -0.15) is 4.31 Å². The molecule has 0 spiro atoms. The lowest BCUT2D eigenvalue weighted by Gasteiger charge is -2.26. The van der Waals surface area contributed by atoms with Crippen LogP contribution in [0.25, 0.3) is 0 Å². The number of carbonyl (C=O) groups is 1. The van der Waals surface area contributed by atoms with Gasteiger partial charge in [0.15, 0.2) is 0 Å². The van der Waals surface area contributed by atoms with Crippen molar-refractivity contribution >= 4 is 37.3 Å². The molecule has 9 nitrogen and oxygen atoms in total. The zero-order valence-electron chi connectivity index (χ0n) is 18.2. The fraction of sp³-hybridized carbons (Fsp3) is 0.381. The number of amides is 1. The van der Waals surface area contributed by atoms with E-state index in [2.05, 4.69) is 5.32 Å². The van der Waals surface area contributed by atoms with Crippen LogP contribution in [0.2, 0.25) is 0 Å². The first kappa shape index (κ1) is 24.2. The lowest BCUT2D eigenvalue weighted by Crippen LogP contribution is -2.40. The van der Waals surface area contributed by atoms with Crippen molar-refractivity contribution in [2.24, 2.45) is 0 Å². The van der Waals surface area contributed by atoms with Crippen LogP contribution in [0, 0.1) is 13.8 Å². The monoisotopic (exact) mass is 481 g/mol. The molecule has 1 saturated heterocycles. The Bertz CT molecular complexity index is 1190. The molecule has 0 atom stereocenters. The number of aryl methyl sites for hydroxylation is 1. The molecule has 1 aliphatic rings. The quantitative estimate of drug-likeness (QED) is 0.644. The number of nitrogens with zero attached hydrogens (tertiary/aromatic N) is 2.